The van der Waals surface area contributed by atoms with Gasteiger partial charge >= 0.3 is 13.8 Å². The van der Waals surface area contributed by atoms with Crippen LogP contribution in [0.3, 0.4) is 0 Å². The molecular weight excluding hydrogens is 782 g/mol. The minimum absolute atomic E-state index is 0.0906. The van der Waals surface area contributed by atoms with E-state index >= 15 is 0 Å². The molecule has 0 aromatic carbocycles. The average molecular weight is 872 g/mol. The largest absolute Gasteiger partial charge is 0.472 e. The van der Waals surface area contributed by atoms with Gasteiger partial charge in [0.05, 0.1) is 19.8 Å². The number of hydrogen-bond acceptors (Lipinski definition) is 7. The van der Waals surface area contributed by atoms with Crippen molar-refractivity contribution < 1.29 is 32.8 Å². The molecule has 0 fully saturated rings. The lowest BCUT2D eigenvalue weighted by Gasteiger charge is -2.20. The van der Waals surface area contributed by atoms with Gasteiger partial charge < -0.3 is 20.1 Å². The van der Waals surface area contributed by atoms with Crippen molar-refractivity contribution in [3.8, 4) is 0 Å². The third-order valence-corrected chi connectivity index (χ3v) is 10.7. The minimum atomic E-state index is -4.29. The normalized spacial score (nSPS) is 14.2. The summed E-state index contributed by atoms with van der Waals surface area (Å²) in [5.74, 6) is -0.352. The second-order valence-electron chi connectivity index (χ2n) is 15.6. The van der Waals surface area contributed by atoms with E-state index in [9.17, 15) is 14.3 Å². The first-order valence-electron chi connectivity index (χ1n) is 24.2. The Labute approximate surface area is 374 Å². The molecule has 0 aliphatic carbocycles. The highest BCUT2D eigenvalue weighted by Gasteiger charge is 2.25. The third-order valence-electron chi connectivity index (χ3n) is 9.74. The van der Waals surface area contributed by atoms with Crippen LogP contribution in [0.2, 0.25) is 0 Å². The van der Waals surface area contributed by atoms with Crippen molar-refractivity contribution in [3.05, 3.63) is 97.2 Å². The molecule has 9 heteroatoms. The second kappa shape index (κ2) is 48.5. The van der Waals surface area contributed by atoms with Gasteiger partial charge in [-0.25, -0.2) is 4.57 Å². The molecule has 0 amide bonds. The molecule has 0 aromatic rings. The predicted molar refractivity (Wildman–Crippen MR) is 261 cm³/mol. The van der Waals surface area contributed by atoms with Crippen molar-refractivity contribution in [2.24, 2.45) is 5.73 Å². The fraction of sp³-hybridized carbons (Fsp3) is 0.673. The van der Waals surface area contributed by atoms with Crippen LogP contribution < -0.4 is 5.73 Å². The first-order chi connectivity index (χ1) is 29.9. The molecule has 0 saturated carbocycles. The van der Waals surface area contributed by atoms with Gasteiger partial charge in [-0.2, -0.15) is 0 Å². The smallest absolute Gasteiger partial charge is 0.457 e. The Morgan fingerprint density at radius 2 is 0.918 bits per heavy atom. The molecule has 0 spiro atoms. The summed E-state index contributed by atoms with van der Waals surface area (Å²) in [5, 5.41) is 0. The Bertz CT molecular complexity index is 1250. The third kappa shape index (κ3) is 48.3. The van der Waals surface area contributed by atoms with Crippen molar-refractivity contribution in [2.75, 3.05) is 33.0 Å². The molecule has 0 radical (unpaired) electrons. The standard InChI is InChI=1S/C52H90NO7P/c1-3-5-7-9-11-13-15-17-19-21-22-23-24-25-26-27-28-29-30-32-34-36-38-40-42-44-47-57-49-51(50-59-61(55,56)58-48-46-53)60-52(54)45-43-41-39-37-35-33-31-20-18-16-14-12-10-8-6-4-2/h5,7,11,13-14,16-17,19-20,22-23,25-26,28-29,31,51H,3-4,6,8-10,12,15,18,21,24,27,30,32-50,53H2,1-2H3,(H,55,56)/b7-5-,13-11-,16-14-,19-17-,23-22-,26-25-,29-28-,31-20-. The van der Waals surface area contributed by atoms with E-state index in [1.165, 1.54) is 57.8 Å². The fourth-order valence-corrected chi connectivity index (χ4v) is 6.97. The summed E-state index contributed by atoms with van der Waals surface area (Å²) in [6, 6.07) is 0. The molecule has 2 unspecified atom stereocenters. The molecule has 0 rings (SSSR count). The van der Waals surface area contributed by atoms with E-state index in [1.807, 2.05) is 0 Å². The summed E-state index contributed by atoms with van der Waals surface area (Å²) in [4.78, 5) is 22.5. The van der Waals surface area contributed by atoms with Crippen LogP contribution in [0.25, 0.3) is 0 Å². The number of carbonyl (C=O) groups is 1. The number of unbranched alkanes of at least 4 members (excludes halogenated alkanes) is 16. The molecule has 0 aliphatic rings. The Balaban J connectivity index is 4.04. The number of esters is 1. The van der Waals surface area contributed by atoms with Crippen LogP contribution in [0.4, 0.5) is 0 Å². The number of carbonyl (C=O) groups excluding carboxylic acids is 1. The van der Waals surface area contributed by atoms with Gasteiger partial charge in [-0.3, -0.25) is 13.8 Å². The number of allylic oxidation sites excluding steroid dienone is 16. The van der Waals surface area contributed by atoms with E-state index in [1.54, 1.807) is 0 Å². The molecule has 0 aromatic heterocycles. The van der Waals surface area contributed by atoms with E-state index in [0.29, 0.717) is 13.0 Å². The molecule has 2 atom stereocenters. The average Bonchev–Trinajstić information content (AvgIpc) is 3.25. The monoisotopic (exact) mass is 872 g/mol. The van der Waals surface area contributed by atoms with Crippen LogP contribution >= 0.6 is 7.82 Å². The molecule has 8 nitrogen and oxygen atoms in total. The van der Waals surface area contributed by atoms with E-state index in [0.717, 1.165) is 109 Å². The topological polar surface area (TPSA) is 117 Å². The lowest BCUT2D eigenvalue weighted by Crippen LogP contribution is -2.28. The molecule has 0 saturated heterocycles. The zero-order valence-corrected chi connectivity index (χ0v) is 39.8. The van der Waals surface area contributed by atoms with E-state index in [2.05, 4.69) is 111 Å². The number of phosphoric acid groups is 1. The van der Waals surface area contributed by atoms with Crippen molar-refractivity contribution in [1.82, 2.24) is 0 Å². The molecule has 61 heavy (non-hydrogen) atoms. The first-order valence-corrected chi connectivity index (χ1v) is 25.7. The van der Waals surface area contributed by atoms with Crippen LogP contribution in [0.1, 0.15) is 187 Å². The van der Waals surface area contributed by atoms with Gasteiger partial charge in [0, 0.05) is 19.6 Å². The molecule has 350 valence electrons. The Morgan fingerprint density at radius 3 is 1.38 bits per heavy atom. The van der Waals surface area contributed by atoms with Crippen molar-refractivity contribution >= 4 is 13.8 Å². The van der Waals surface area contributed by atoms with Gasteiger partial charge in [-0.1, -0.05) is 182 Å². The first kappa shape index (κ1) is 58.4. The summed E-state index contributed by atoms with van der Waals surface area (Å²) in [6.45, 7) is 4.73. The highest BCUT2D eigenvalue weighted by molar-refractivity contribution is 7.47. The summed E-state index contributed by atoms with van der Waals surface area (Å²) in [7, 11) is -4.29. The van der Waals surface area contributed by atoms with Crippen molar-refractivity contribution in [2.45, 2.75) is 193 Å². The van der Waals surface area contributed by atoms with Gasteiger partial charge in [0.2, 0.25) is 0 Å². The second-order valence-corrected chi connectivity index (χ2v) is 17.0. The van der Waals surface area contributed by atoms with Gasteiger partial charge in [-0.15, -0.1) is 0 Å². The maximum absolute atomic E-state index is 12.6. The van der Waals surface area contributed by atoms with Crippen LogP contribution in [0.5, 0.6) is 0 Å². The fourth-order valence-electron chi connectivity index (χ4n) is 6.21. The van der Waals surface area contributed by atoms with Gasteiger partial charge in [0.1, 0.15) is 6.10 Å². The SMILES string of the molecule is CC/C=C\C/C=C\C/C=C\C/C=C\C/C=C\C/C=C\CCCCCCCCCOCC(COP(=O)(O)OCCN)OC(=O)CCCCCCC/C=C\C/C=C\CCCCCC. The van der Waals surface area contributed by atoms with Crippen molar-refractivity contribution in [1.29, 1.82) is 0 Å². The van der Waals surface area contributed by atoms with E-state index in [4.69, 9.17) is 24.3 Å². The number of phosphoric ester groups is 1. The highest BCUT2D eigenvalue weighted by atomic mass is 31.2. The van der Waals surface area contributed by atoms with Gasteiger partial charge in [-0.05, 0) is 96.3 Å². The lowest BCUT2D eigenvalue weighted by atomic mass is 10.1. The molecule has 0 bridgehead atoms. The lowest BCUT2D eigenvalue weighted by molar-refractivity contribution is -0.154. The van der Waals surface area contributed by atoms with E-state index in [-0.39, 0.29) is 32.3 Å². The number of hydrogen-bond donors (Lipinski definition) is 2. The van der Waals surface area contributed by atoms with Gasteiger partial charge in [0.25, 0.3) is 0 Å². The van der Waals surface area contributed by atoms with Crippen LogP contribution in [0.15, 0.2) is 97.2 Å². The summed E-state index contributed by atoms with van der Waals surface area (Å²) >= 11 is 0. The van der Waals surface area contributed by atoms with Crippen molar-refractivity contribution in [3.63, 3.8) is 0 Å². The van der Waals surface area contributed by atoms with Crippen LogP contribution in [-0.2, 0) is 27.9 Å². The number of nitrogens with two attached hydrogens (primary N) is 1. The highest BCUT2D eigenvalue weighted by Crippen LogP contribution is 2.43. The quantitative estimate of drug-likeness (QED) is 0.0269. The zero-order chi connectivity index (χ0) is 44.4. The Kier molecular flexibility index (Phi) is 46.4. The van der Waals surface area contributed by atoms with Crippen LogP contribution in [0, 0.1) is 0 Å². The van der Waals surface area contributed by atoms with E-state index < -0.39 is 13.9 Å². The number of ether oxygens (including phenoxy) is 2. The maximum atomic E-state index is 12.6. The van der Waals surface area contributed by atoms with Gasteiger partial charge in [0.15, 0.2) is 0 Å². The Morgan fingerprint density at radius 1 is 0.508 bits per heavy atom. The predicted octanol–water partition coefficient (Wildman–Crippen LogP) is 15.0. The minimum Gasteiger partial charge on any atom is -0.457 e. The molecule has 0 aliphatic heterocycles. The van der Waals surface area contributed by atoms with Crippen LogP contribution in [-0.4, -0.2) is 49.9 Å². The summed E-state index contributed by atoms with van der Waals surface area (Å²) < 4.78 is 33.5. The summed E-state index contributed by atoms with van der Waals surface area (Å²) in [6.07, 6.45) is 64.3. The number of rotatable bonds is 45. The molecule has 0 heterocycles. The molecular formula is C52H90NO7P. The summed E-state index contributed by atoms with van der Waals surface area (Å²) in [5.41, 5.74) is 5.38. The molecule has 3 N–H and O–H groups in total. The zero-order valence-electron chi connectivity index (χ0n) is 38.9. The maximum Gasteiger partial charge on any atom is 0.472 e. The Hall–Kier alpha value is -2.58.